The molecular formula is C26H20S. The normalized spacial score (nSPS) is 11.3. The zero-order valence-electron chi connectivity index (χ0n) is 15.5. The van der Waals surface area contributed by atoms with Gasteiger partial charge in [-0.3, -0.25) is 0 Å². The van der Waals surface area contributed by atoms with Crippen molar-refractivity contribution in [3.63, 3.8) is 0 Å². The van der Waals surface area contributed by atoms with Crippen LogP contribution in [0, 0.1) is 13.8 Å². The van der Waals surface area contributed by atoms with Gasteiger partial charge in [-0.1, -0.05) is 84.9 Å². The van der Waals surface area contributed by atoms with Crippen LogP contribution in [0.2, 0.25) is 0 Å². The molecule has 0 saturated carbocycles. The van der Waals surface area contributed by atoms with Crippen LogP contribution in [0.5, 0.6) is 0 Å². The SMILES string of the molecule is Cc1cccc(-c2cccc3c2sc2c(-c4ccccc4)cccc23)c1C. The molecule has 5 rings (SSSR count). The van der Waals surface area contributed by atoms with Crippen LogP contribution < -0.4 is 0 Å². The number of benzene rings is 4. The van der Waals surface area contributed by atoms with Gasteiger partial charge >= 0.3 is 0 Å². The molecule has 27 heavy (non-hydrogen) atoms. The van der Waals surface area contributed by atoms with Gasteiger partial charge in [0.2, 0.25) is 0 Å². The number of aryl methyl sites for hydroxylation is 1. The highest BCUT2D eigenvalue weighted by Crippen LogP contribution is 2.44. The molecule has 5 aromatic rings. The lowest BCUT2D eigenvalue weighted by Gasteiger charge is -2.09. The fraction of sp³-hybridized carbons (Fsp3) is 0.0769. The molecule has 0 N–H and O–H groups in total. The van der Waals surface area contributed by atoms with Gasteiger partial charge in [0, 0.05) is 20.2 Å². The molecule has 0 saturated heterocycles. The van der Waals surface area contributed by atoms with E-state index >= 15 is 0 Å². The fourth-order valence-corrected chi connectivity index (χ4v) is 5.28. The van der Waals surface area contributed by atoms with Gasteiger partial charge in [-0.15, -0.1) is 11.3 Å². The molecule has 0 radical (unpaired) electrons. The smallest absolute Gasteiger partial charge is 0.0434 e. The van der Waals surface area contributed by atoms with Gasteiger partial charge in [-0.25, -0.2) is 0 Å². The Hall–Kier alpha value is -2.90. The molecule has 0 spiro atoms. The van der Waals surface area contributed by atoms with Crippen molar-refractivity contribution in [1.82, 2.24) is 0 Å². The quantitative estimate of drug-likeness (QED) is 0.297. The van der Waals surface area contributed by atoms with E-state index in [0.29, 0.717) is 0 Å². The van der Waals surface area contributed by atoms with E-state index in [4.69, 9.17) is 0 Å². The summed E-state index contributed by atoms with van der Waals surface area (Å²) in [6.45, 7) is 4.42. The summed E-state index contributed by atoms with van der Waals surface area (Å²) in [7, 11) is 0. The van der Waals surface area contributed by atoms with E-state index < -0.39 is 0 Å². The zero-order chi connectivity index (χ0) is 18.4. The Morgan fingerprint density at radius 3 is 1.85 bits per heavy atom. The third-order valence-corrected chi connectivity index (χ3v) is 6.79. The summed E-state index contributed by atoms with van der Waals surface area (Å²) in [6, 6.07) is 30.7. The van der Waals surface area contributed by atoms with Crippen LogP contribution in [-0.2, 0) is 0 Å². The molecule has 0 unspecified atom stereocenters. The molecule has 1 heteroatoms. The standard InChI is InChI=1S/C26H20S/c1-17-9-6-12-20(18(17)2)22-14-8-16-24-23-15-7-13-21(25(23)27-26(22)24)19-10-4-3-5-11-19/h3-16H,1-2H3. The van der Waals surface area contributed by atoms with Gasteiger partial charge in [0.15, 0.2) is 0 Å². The van der Waals surface area contributed by atoms with Gasteiger partial charge in [-0.05, 0) is 47.2 Å². The Labute approximate surface area is 163 Å². The van der Waals surface area contributed by atoms with Crippen molar-refractivity contribution < 1.29 is 0 Å². The molecule has 0 nitrogen and oxygen atoms in total. The second kappa shape index (κ2) is 6.37. The first-order valence-electron chi connectivity index (χ1n) is 9.30. The molecule has 0 aliphatic rings. The summed E-state index contributed by atoms with van der Waals surface area (Å²) in [5.41, 5.74) is 7.99. The van der Waals surface area contributed by atoms with Crippen molar-refractivity contribution in [2.75, 3.05) is 0 Å². The molecule has 0 fully saturated rings. The van der Waals surface area contributed by atoms with Crippen molar-refractivity contribution in [3.05, 3.63) is 96.1 Å². The molecule has 4 aromatic carbocycles. The van der Waals surface area contributed by atoms with Gasteiger partial charge < -0.3 is 0 Å². The van der Waals surface area contributed by atoms with E-state index in [1.165, 1.54) is 53.6 Å². The van der Waals surface area contributed by atoms with E-state index in [1.807, 2.05) is 11.3 Å². The van der Waals surface area contributed by atoms with E-state index in [-0.39, 0.29) is 0 Å². The molecule has 1 aromatic heterocycles. The lowest BCUT2D eigenvalue weighted by Crippen LogP contribution is -1.86. The Morgan fingerprint density at radius 1 is 0.519 bits per heavy atom. The molecule has 0 aliphatic carbocycles. The average Bonchev–Trinajstić information content (AvgIpc) is 3.10. The molecule has 0 bridgehead atoms. The Balaban J connectivity index is 1.85. The average molecular weight is 365 g/mol. The maximum absolute atomic E-state index is 2.27. The molecular weight excluding hydrogens is 344 g/mol. The van der Waals surface area contributed by atoms with Gasteiger partial charge in [0.05, 0.1) is 0 Å². The van der Waals surface area contributed by atoms with Gasteiger partial charge in [0.25, 0.3) is 0 Å². The van der Waals surface area contributed by atoms with Crippen molar-refractivity contribution >= 4 is 31.5 Å². The lowest BCUT2D eigenvalue weighted by atomic mass is 9.95. The first-order valence-corrected chi connectivity index (χ1v) is 10.1. The lowest BCUT2D eigenvalue weighted by molar-refractivity contribution is 1.34. The first kappa shape index (κ1) is 16.3. The highest BCUT2D eigenvalue weighted by molar-refractivity contribution is 7.26. The van der Waals surface area contributed by atoms with Crippen LogP contribution in [0.25, 0.3) is 42.4 Å². The third-order valence-electron chi connectivity index (χ3n) is 5.50. The minimum Gasteiger partial charge on any atom is -0.134 e. The minimum absolute atomic E-state index is 1.28. The number of fused-ring (bicyclic) bond motifs is 3. The zero-order valence-corrected chi connectivity index (χ0v) is 16.3. The maximum Gasteiger partial charge on any atom is 0.0434 e. The summed E-state index contributed by atoms with van der Waals surface area (Å²) < 4.78 is 2.75. The number of hydrogen-bond donors (Lipinski definition) is 0. The number of hydrogen-bond acceptors (Lipinski definition) is 1. The Morgan fingerprint density at radius 2 is 1.11 bits per heavy atom. The van der Waals surface area contributed by atoms with Crippen molar-refractivity contribution in [1.29, 1.82) is 0 Å². The van der Waals surface area contributed by atoms with Gasteiger partial charge in [-0.2, -0.15) is 0 Å². The van der Waals surface area contributed by atoms with Crippen LogP contribution in [0.1, 0.15) is 11.1 Å². The van der Waals surface area contributed by atoms with E-state index in [9.17, 15) is 0 Å². The Kier molecular flexibility index (Phi) is 3.84. The molecule has 0 amide bonds. The molecule has 0 atom stereocenters. The predicted molar refractivity (Wildman–Crippen MR) is 120 cm³/mol. The topological polar surface area (TPSA) is 0 Å². The van der Waals surface area contributed by atoms with Gasteiger partial charge in [0.1, 0.15) is 0 Å². The van der Waals surface area contributed by atoms with Crippen LogP contribution in [-0.4, -0.2) is 0 Å². The number of thiophene rings is 1. The molecule has 130 valence electrons. The molecule has 1 heterocycles. The summed E-state index contributed by atoms with van der Waals surface area (Å²) in [5, 5.41) is 2.70. The monoisotopic (exact) mass is 364 g/mol. The van der Waals surface area contributed by atoms with Crippen LogP contribution >= 0.6 is 11.3 Å². The van der Waals surface area contributed by atoms with E-state index in [0.717, 1.165) is 0 Å². The fourth-order valence-electron chi connectivity index (χ4n) is 3.92. The summed E-state index contributed by atoms with van der Waals surface area (Å²) in [4.78, 5) is 0. The third kappa shape index (κ3) is 2.58. The van der Waals surface area contributed by atoms with E-state index in [1.54, 1.807) is 0 Å². The summed E-state index contributed by atoms with van der Waals surface area (Å²) in [5.74, 6) is 0. The van der Waals surface area contributed by atoms with Crippen molar-refractivity contribution in [3.8, 4) is 22.3 Å². The van der Waals surface area contributed by atoms with Crippen molar-refractivity contribution in [2.45, 2.75) is 13.8 Å². The molecule has 0 aliphatic heterocycles. The van der Waals surface area contributed by atoms with Crippen molar-refractivity contribution in [2.24, 2.45) is 0 Å². The summed E-state index contributed by atoms with van der Waals surface area (Å²) >= 11 is 1.92. The second-order valence-electron chi connectivity index (χ2n) is 7.08. The summed E-state index contributed by atoms with van der Waals surface area (Å²) in [6.07, 6.45) is 0. The highest BCUT2D eigenvalue weighted by Gasteiger charge is 2.14. The van der Waals surface area contributed by atoms with E-state index in [2.05, 4.69) is 98.8 Å². The number of rotatable bonds is 2. The first-order chi connectivity index (χ1) is 13.2. The Bertz CT molecular complexity index is 1280. The predicted octanol–water partition coefficient (Wildman–Crippen LogP) is 8.01. The minimum atomic E-state index is 1.28. The maximum atomic E-state index is 2.27. The van der Waals surface area contributed by atoms with Crippen LogP contribution in [0.15, 0.2) is 84.9 Å². The van der Waals surface area contributed by atoms with Crippen LogP contribution in [0.4, 0.5) is 0 Å². The van der Waals surface area contributed by atoms with Crippen LogP contribution in [0.3, 0.4) is 0 Å². The highest BCUT2D eigenvalue weighted by atomic mass is 32.1. The second-order valence-corrected chi connectivity index (χ2v) is 8.10. The largest absolute Gasteiger partial charge is 0.134 e.